The van der Waals surface area contributed by atoms with Crippen molar-refractivity contribution in [2.75, 3.05) is 5.75 Å². The third-order valence-corrected chi connectivity index (χ3v) is 3.47. The molecule has 0 heterocycles. The summed E-state index contributed by atoms with van der Waals surface area (Å²) in [6, 6.07) is 0. The Labute approximate surface area is 137 Å². The maximum absolute atomic E-state index is 13.0. The Bertz CT molecular complexity index is 661. The van der Waals surface area contributed by atoms with Crippen molar-refractivity contribution in [3.05, 3.63) is 0 Å². The molecule has 19 heteroatoms. The molecule has 0 N–H and O–H groups in total. The zero-order chi connectivity index (χ0) is 22.7. The second-order valence-corrected chi connectivity index (χ2v) is 6.18. The highest BCUT2D eigenvalue weighted by Gasteiger charge is 2.93. The molecule has 0 atom stereocenters. The summed E-state index contributed by atoms with van der Waals surface area (Å²) in [5, 5.41) is 0. The first-order chi connectivity index (χ1) is 11.2. The standard InChI is InChI=1S/C8H3F15O3S/c9-2(10,1-27(24,25)26)3(11,12)4(13,14)5(15,16)6(17,18)7(19,20)8(21,22)23/h1H2,(H,24,25,26)/p-1. The molecule has 0 fully saturated rings. The third kappa shape index (κ3) is 3.75. The highest BCUT2D eigenvalue weighted by atomic mass is 32.2. The average molecular weight is 463 g/mol. The minimum absolute atomic E-state index is 3.90. The van der Waals surface area contributed by atoms with Crippen molar-refractivity contribution in [1.29, 1.82) is 0 Å². The fourth-order valence-electron chi connectivity index (χ4n) is 1.31. The van der Waals surface area contributed by atoms with Crippen LogP contribution in [0.5, 0.6) is 0 Å². The van der Waals surface area contributed by atoms with E-state index in [0.717, 1.165) is 0 Å². The predicted molar refractivity (Wildman–Crippen MR) is 50.3 cm³/mol. The molecule has 27 heavy (non-hydrogen) atoms. The van der Waals surface area contributed by atoms with Crippen molar-refractivity contribution < 1.29 is 78.8 Å². The van der Waals surface area contributed by atoms with E-state index in [1.165, 1.54) is 0 Å². The summed E-state index contributed by atoms with van der Waals surface area (Å²) in [5.74, 6) is -52.4. The minimum atomic E-state index is -8.52. The fourth-order valence-corrected chi connectivity index (χ4v) is 1.94. The van der Waals surface area contributed by atoms with Crippen LogP contribution in [-0.4, -0.2) is 60.4 Å². The molecule has 0 bridgehead atoms. The lowest BCUT2D eigenvalue weighted by Crippen LogP contribution is -2.73. The van der Waals surface area contributed by atoms with Crippen LogP contribution in [-0.2, 0) is 10.1 Å². The number of rotatable bonds is 7. The molecule has 3 nitrogen and oxygen atoms in total. The Morgan fingerprint density at radius 1 is 0.519 bits per heavy atom. The van der Waals surface area contributed by atoms with E-state index in [1.54, 1.807) is 0 Å². The Kier molecular flexibility index (Phi) is 5.92. The van der Waals surface area contributed by atoms with Gasteiger partial charge in [0.1, 0.15) is 15.9 Å². The van der Waals surface area contributed by atoms with E-state index >= 15 is 0 Å². The molecule has 0 saturated heterocycles. The topological polar surface area (TPSA) is 57.2 Å². The Morgan fingerprint density at radius 3 is 1.04 bits per heavy atom. The van der Waals surface area contributed by atoms with Gasteiger partial charge in [0, 0.05) is 0 Å². The van der Waals surface area contributed by atoms with E-state index in [2.05, 4.69) is 0 Å². The summed E-state index contributed by atoms with van der Waals surface area (Å²) in [6.45, 7) is 0. The highest BCUT2D eigenvalue weighted by molar-refractivity contribution is 7.85. The van der Waals surface area contributed by atoms with E-state index in [1.807, 2.05) is 0 Å². The number of hydrogen-bond acceptors (Lipinski definition) is 3. The quantitative estimate of drug-likeness (QED) is 0.425. The monoisotopic (exact) mass is 463 g/mol. The van der Waals surface area contributed by atoms with Gasteiger partial charge in [-0.1, -0.05) is 0 Å². The van der Waals surface area contributed by atoms with Crippen LogP contribution in [0.15, 0.2) is 0 Å². The van der Waals surface area contributed by atoms with Gasteiger partial charge in [0.05, 0.1) is 0 Å². The van der Waals surface area contributed by atoms with Crippen molar-refractivity contribution >= 4 is 10.1 Å². The largest absolute Gasteiger partial charge is 0.748 e. The molecular weight excluding hydrogens is 461 g/mol. The van der Waals surface area contributed by atoms with E-state index < -0.39 is 57.6 Å². The number of alkyl halides is 15. The van der Waals surface area contributed by atoms with Gasteiger partial charge in [0.25, 0.3) is 0 Å². The van der Waals surface area contributed by atoms with Gasteiger partial charge in [-0.15, -0.1) is 0 Å². The Morgan fingerprint density at radius 2 is 0.778 bits per heavy atom. The van der Waals surface area contributed by atoms with Crippen LogP contribution in [0.1, 0.15) is 0 Å². The van der Waals surface area contributed by atoms with E-state index in [4.69, 9.17) is 0 Å². The van der Waals surface area contributed by atoms with Crippen LogP contribution in [0, 0.1) is 0 Å². The smallest absolute Gasteiger partial charge is 0.460 e. The summed E-state index contributed by atoms with van der Waals surface area (Å²) in [4.78, 5) is 0. The van der Waals surface area contributed by atoms with Gasteiger partial charge in [-0.3, -0.25) is 0 Å². The highest BCUT2D eigenvalue weighted by Crippen LogP contribution is 2.62. The van der Waals surface area contributed by atoms with Crippen molar-refractivity contribution in [3.8, 4) is 0 Å². The second kappa shape index (κ2) is 6.18. The molecule has 0 saturated carbocycles. The van der Waals surface area contributed by atoms with Gasteiger partial charge in [0.15, 0.2) is 0 Å². The average Bonchev–Trinajstić information content (AvgIpc) is 2.33. The maximum atomic E-state index is 13.0. The summed E-state index contributed by atoms with van der Waals surface area (Å²) < 4.78 is 219. The van der Waals surface area contributed by atoms with Gasteiger partial charge in [-0.25, -0.2) is 8.42 Å². The molecule has 0 aromatic rings. The maximum Gasteiger partial charge on any atom is 0.460 e. The van der Waals surface area contributed by atoms with Gasteiger partial charge in [-0.05, 0) is 0 Å². The lowest BCUT2D eigenvalue weighted by Gasteiger charge is -2.41. The number of hydrogen-bond donors (Lipinski definition) is 0. The lowest BCUT2D eigenvalue weighted by molar-refractivity contribution is -0.451. The third-order valence-electron chi connectivity index (χ3n) is 2.75. The normalized spacial score (nSPS) is 16.6. The molecule has 0 amide bonds. The van der Waals surface area contributed by atoms with Crippen molar-refractivity contribution in [2.45, 2.75) is 41.7 Å². The molecule has 0 aromatic carbocycles. The number of halogens is 15. The zero-order valence-corrected chi connectivity index (χ0v) is 12.3. The summed E-state index contributed by atoms with van der Waals surface area (Å²) in [7, 11) is -6.63. The molecule has 0 aromatic heterocycles. The van der Waals surface area contributed by atoms with Crippen molar-refractivity contribution in [2.24, 2.45) is 0 Å². The first-order valence-electron chi connectivity index (χ1n) is 5.48. The summed E-state index contributed by atoms with van der Waals surface area (Å²) in [5.41, 5.74) is 0. The molecular formula is C8H2F15O3S-. The molecule has 0 spiro atoms. The fraction of sp³-hybridized carbons (Fsp3) is 1.00. The van der Waals surface area contributed by atoms with E-state index in [0.29, 0.717) is 0 Å². The predicted octanol–water partition coefficient (Wildman–Crippen LogP) is 3.91. The molecule has 0 aliphatic carbocycles. The van der Waals surface area contributed by atoms with Gasteiger partial charge in [-0.2, -0.15) is 65.9 Å². The van der Waals surface area contributed by atoms with Crippen LogP contribution in [0.4, 0.5) is 65.9 Å². The first kappa shape index (κ1) is 25.9. The minimum Gasteiger partial charge on any atom is -0.748 e. The van der Waals surface area contributed by atoms with Gasteiger partial charge in [0.2, 0.25) is 0 Å². The molecule has 164 valence electrons. The van der Waals surface area contributed by atoms with Crippen LogP contribution in [0.2, 0.25) is 0 Å². The molecule has 0 radical (unpaired) electrons. The molecule has 0 unspecified atom stereocenters. The summed E-state index contributed by atoms with van der Waals surface area (Å²) in [6.07, 6.45) is -7.73. The van der Waals surface area contributed by atoms with Crippen molar-refractivity contribution in [1.82, 2.24) is 0 Å². The van der Waals surface area contributed by atoms with Crippen molar-refractivity contribution in [3.63, 3.8) is 0 Å². The second-order valence-electron chi connectivity index (χ2n) is 4.78. The Balaban J connectivity index is 6.55. The molecule has 0 aliphatic rings. The summed E-state index contributed by atoms with van der Waals surface area (Å²) >= 11 is 0. The van der Waals surface area contributed by atoms with Gasteiger partial charge >= 0.3 is 41.7 Å². The van der Waals surface area contributed by atoms with Crippen LogP contribution in [0.25, 0.3) is 0 Å². The van der Waals surface area contributed by atoms with Crippen LogP contribution in [0.3, 0.4) is 0 Å². The lowest BCUT2D eigenvalue weighted by atomic mass is 9.91. The molecule has 0 aliphatic heterocycles. The Hall–Kier alpha value is -1.14. The SMILES string of the molecule is O=S(=O)([O-])CC(F)(F)C(F)(F)C(F)(F)C(F)(F)C(F)(F)C(F)(F)C(F)(F)F. The van der Waals surface area contributed by atoms with E-state index in [9.17, 15) is 78.8 Å². The van der Waals surface area contributed by atoms with Gasteiger partial charge < -0.3 is 4.55 Å². The van der Waals surface area contributed by atoms with E-state index in [-0.39, 0.29) is 0 Å². The van der Waals surface area contributed by atoms with Crippen LogP contribution < -0.4 is 0 Å². The van der Waals surface area contributed by atoms with Crippen LogP contribution >= 0.6 is 0 Å². The first-order valence-corrected chi connectivity index (χ1v) is 7.05. The molecule has 0 rings (SSSR count). The zero-order valence-electron chi connectivity index (χ0n) is 11.5.